The van der Waals surface area contributed by atoms with E-state index >= 15 is 0 Å². The van der Waals surface area contributed by atoms with Crippen molar-refractivity contribution in [2.45, 2.75) is 135 Å². The first-order chi connectivity index (χ1) is 23.6. The Bertz CT molecular complexity index is 954. The van der Waals surface area contributed by atoms with E-state index in [-0.39, 0.29) is 24.3 Å². The van der Waals surface area contributed by atoms with Crippen LogP contribution in [-0.4, -0.2) is 75.3 Å². The second kappa shape index (κ2) is 30.9. The SMILES string of the molecule is CCCCCCCCCCC[CH2][Sn]([O]C(=O)/C=C\C(=O)OCCCC)([O]C(=O)/C=C\C(=O)OCCCC)[O]C(=O)/C=C\C(=O)OCCCC. The fourth-order valence-corrected chi connectivity index (χ4v) is 10.5. The van der Waals surface area contributed by atoms with Crippen molar-refractivity contribution in [2.75, 3.05) is 19.8 Å². The summed E-state index contributed by atoms with van der Waals surface area (Å²) in [6.07, 6.45) is 19.4. The molecule has 0 heterocycles. The molecule has 0 N–H and O–H groups in total. The summed E-state index contributed by atoms with van der Waals surface area (Å²) < 4.78 is 31.8. The van der Waals surface area contributed by atoms with Gasteiger partial charge in [-0.05, 0) is 0 Å². The molecule has 0 unspecified atom stereocenters. The van der Waals surface area contributed by atoms with Gasteiger partial charge in [-0.15, -0.1) is 0 Å². The molecule has 0 rings (SSSR count). The molecule has 0 aromatic heterocycles. The van der Waals surface area contributed by atoms with Crippen molar-refractivity contribution in [3.8, 4) is 0 Å². The number of carbonyl (C=O) groups excluding carboxylic acids is 6. The minimum absolute atomic E-state index is 0.0627. The van der Waals surface area contributed by atoms with Crippen LogP contribution in [0.5, 0.6) is 0 Å². The van der Waals surface area contributed by atoms with Crippen LogP contribution in [0.4, 0.5) is 0 Å². The third kappa shape index (κ3) is 27.4. The van der Waals surface area contributed by atoms with Gasteiger partial charge < -0.3 is 0 Å². The van der Waals surface area contributed by atoms with Crippen LogP contribution in [0.3, 0.4) is 0 Å². The molecule has 278 valence electrons. The first-order valence-electron chi connectivity index (χ1n) is 17.8. The number of unbranched alkanes of at least 4 members (excludes halogenated alkanes) is 12. The van der Waals surface area contributed by atoms with Crippen molar-refractivity contribution in [1.29, 1.82) is 0 Å². The van der Waals surface area contributed by atoms with E-state index in [9.17, 15) is 28.8 Å². The van der Waals surface area contributed by atoms with Crippen LogP contribution in [0.2, 0.25) is 4.44 Å². The van der Waals surface area contributed by atoms with Crippen molar-refractivity contribution in [3.63, 3.8) is 0 Å². The summed E-state index contributed by atoms with van der Waals surface area (Å²) in [5.74, 6) is -5.57. The predicted octanol–water partition coefficient (Wildman–Crippen LogP) is 7.17. The molecule has 13 heteroatoms. The molecule has 0 aromatic rings. The molecule has 0 atom stereocenters. The molecule has 49 heavy (non-hydrogen) atoms. The molecule has 0 aliphatic carbocycles. The van der Waals surface area contributed by atoms with Gasteiger partial charge in [-0.2, -0.15) is 0 Å². The van der Waals surface area contributed by atoms with Crippen LogP contribution < -0.4 is 0 Å². The maximum absolute atomic E-state index is 12.9. The Morgan fingerprint density at radius 1 is 0.367 bits per heavy atom. The minimum atomic E-state index is -5.54. The number of esters is 3. The van der Waals surface area contributed by atoms with Crippen molar-refractivity contribution in [1.82, 2.24) is 0 Å². The fourth-order valence-electron chi connectivity index (χ4n) is 4.11. The van der Waals surface area contributed by atoms with Gasteiger partial charge in [-0.1, -0.05) is 0 Å². The van der Waals surface area contributed by atoms with Crippen LogP contribution in [0.25, 0.3) is 0 Å². The topological polar surface area (TPSA) is 158 Å². The van der Waals surface area contributed by atoms with E-state index in [0.717, 1.165) is 81.4 Å². The number of hydrogen-bond acceptors (Lipinski definition) is 12. The standard InChI is InChI=1S/C12H25.3C8H12O4.Sn/c1-3-5-7-9-11-12-10-8-6-4-2;3*1-2-3-6-12-8(11)5-4-7(9)10;/h1,3-12H2,2H3;3*4-5H,2-3,6H2,1H3,(H,9,10);/q;;;;+3/p-3/b;3*5-4-;. The monoisotopic (exact) mass is 802 g/mol. The second-order valence-corrected chi connectivity index (χ2v) is 18.5. The molecule has 0 saturated carbocycles. The van der Waals surface area contributed by atoms with Crippen LogP contribution in [0.15, 0.2) is 36.5 Å². The second-order valence-electron chi connectivity index (χ2n) is 11.4. The van der Waals surface area contributed by atoms with Crippen LogP contribution in [0.1, 0.15) is 130 Å². The molecule has 0 aliphatic rings. The van der Waals surface area contributed by atoms with Gasteiger partial charge in [-0.3, -0.25) is 0 Å². The summed E-state index contributed by atoms with van der Waals surface area (Å²) >= 11 is -5.54. The number of rotatable bonds is 29. The molecule has 12 nitrogen and oxygen atoms in total. The number of carbonyl (C=O) groups is 6. The van der Waals surface area contributed by atoms with Gasteiger partial charge in [0.2, 0.25) is 0 Å². The normalized spacial score (nSPS) is 11.5. The Kier molecular flexibility index (Phi) is 28.9. The van der Waals surface area contributed by atoms with Crippen LogP contribution in [-0.2, 0) is 52.2 Å². The zero-order valence-corrected chi connectivity index (χ0v) is 32.9. The fraction of sp³-hybridized carbons (Fsp3) is 0.667. The molecule has 0 fully saturated rings. The van der Waals surface area contributed by atoms with Crippen LogP contribution >= 0.6 is 0 Å². The Morgan fingerprint density at radius 3 is 0.939 bits per heavy atom. The van der Waals surface area contributed by atoms with Gasteiger partial charge in [0.05, 0.1) is 0 Å². The molecule has 0 bridgehead atoms. The van der Waals surface area contributed by atoms with Crippen LogP contribution in [0, 0.1) is 0 Å². The van der Waals surface area contributed by atoms with Gasteiger partial charge in [0.15, 0.2) is 0 Å². The maximum atomic E-state index is 12.9. The molecule has 0 radical (unpaired) electrons. The zero-order valence-electron chi connectivity index (χ0n) is 30.0. The molecular weight excluding hydrogens is 743 g/mol. The quantitative estimate of drug-likeness (QED) is 0.0247. The van der Waals surface area contributed by atoms with E-state index in [1.807, 2.05) is 20.8 Å². The van der Waals surface area contributed by atoms with E-state index in [2.05, 4.69) is 6.92 Å². The van der Waals surface area contributed by atoms with E-state index in [1.54, 1.807) is 0 Å². The molecule has 0 saturated heterocycles. The summed E-state index contributed by atoms with van der Waals surface area (Å²) in [6.45, 7) is 8.48. The van der Waals surface area contributed by atoms with Crippen molar-refractivity contribution in [3.05, 3.63) is 36.5 Å². The van der Waals surface area contributed by atoms with E-state index in [0.29, 0.717) is 32.1 Å². The molecular formula is C36H58O12Sn. The third-order valence-corrected chi connectivity index (χ3v) is 14.0. The summed E-state index contributed by atoms with van der Waals surface area (Å²) in [5.41, 5.74) is 0. The van der Waals surface area contributed by atoms with Gasteiger partial charge in [0.1, 0.15) is 0 Å². The third-order valence-electron chi connectivity index (χ3n) is 6.90. The van der Waals surface area contributed by atoms with Gasteiger partial charge in [-0.25, -0.2) is 0 Å². The summed E-state index contributed by atoms with van der Waals surface area (Å²) in [5, 5.41) is 0. The van der Waals surface area contributed by atoms with Crippen molar-refractivity contribution >= 4 is 55.4 Å². The molecule has 0 aromatic carbocycles. The number of ether oxygens (including phenoxy) is 3. The molecule has 0 spiro atoms. The van der Waals surface area contributed by atoms with E-state index in [1.165, 1.54) is 25.7 Å². The van der Waals surface area contributed by atoms with E-state index in [4.69, 9.17) is 23.4 Å². The first-order valence-corrected chi connectivity index (χ1v) is 23.4. The number of hydrogen-bond donors (Lipinski definition) is 0. The van der Waals surface area contributed by atoms with Crippen molar-refractivity contribution < 1.29 is 52.2 Å². The summed E-state index contributed by atoms with van der Waals surface area (Å²) in [4.78, 5) is 74.9. The Labute approximate surface area is 297 Å². The van der Waals surface area contributed by atoms with E-state index < -0.39 is 55.4 Å². The zero-order chi connectivity index (χ0) is 36.6. The Balaban J connectivity index is 5.97. The van der Waals surface area contributed by atoms with Gasteiger partial charge in [0, 0.05) is 0 Å². The van der Waals surface area contributed by atoms with Crippen molar-refractivity contribution in [2.24, 2.45) is 0 Å². The van der Waals surface area contributed by atoms with Gasteiger partial charge >= 0.3 is 299 Å². The molecule has 0 amide bonds. The summed E-state index contributed by atoms with van der Waals surface area (Å²) in [7, 11) is 0. The Morgan fingerprint density at radius 2 is 0.633 bits per heavy atom. The summed E-state index contributed by atoms with van der Waals surface area (Å²) in [6, 6.07) is 0. The Hall–Kier alpha value is -3.16. The average molecular weight is 802 g/mol. The first kappa shape index (κ1) is 45.8. The predicted molar refractivity (Wildman–Crippen MR) is 186 cm³/mol. The molecule has 0 aliphatic heterocycles. The average Bonchev–Trinajstić information content (AvgIpc) is 3.06. The van der Waals surface area contributed by atoms with Gasteiger partial charge in [0.25, 0.3) is 0 Å².